The monoisotopic (exact) mass is 432 g/mol. The molecule has 1 atom stereocenters. The van der Waals surface area contributed by atoms with Gasteiger partial charge in [0.15, 0.2) is 28.7 Å². The van der Waals surface area contributed by atoms with Gasteiger partial charge in [-0.3, -0.25) is 4.79 Å². The van der Waals surface area contributed by atoms with Crippen molar-refractivity contribution in [2.45, 2.75) is 19.8 Å². The number of carbonyl (C=O) groups excluding carboxylic acids is 1. The second-order valence-corrected chi connectivity index (χ2v) is 7.32. The van der Waals surface area contributed by atoms with Crippen LogP contribution in [0.5, 0.6) is 17.4 Å². The SMILES string of the molecule is COc1ccc([C@H]2C(C(C)=O)=C(C)Oc3ncn4nc(-c5ccco5)nc4c32)cc1OC. The lowest BCUT2D eigenvalue weighted by molar-refractivity contribution is -0.114. The summed E-state index contributed by atoms with van der Waals surface area (Å²) in [7, 11) is 3.15. The molecule has 32 heavy (non-hydrogen) atoms. The smallest absolute Gasteiger partial charge is 0.228 e. The van der Waals surface area contributed by atoms with Crippen LogP contribution < -0.4 is 14.2 Å². The molecule has 0 fully saturated rings. The van der Waals surface area contributed by atoms with Crippen LogP contribution in [0, 0.1) is 0 Å². The van der Waals surface area contributed by atoms with Crippen LogP contribution in [0.4, 0.5) is 0 Å². The standard InChI is InChI=1S/C23H20N4O5/c1-12(28)18-13(2)32-23-20(19(18)14-7-8-15(29-3)17(10-14)30-4)22-25-21(16-6-5-9-31-16)26-27(22)11-24-23/h5-11,19H,1-4H3/t19-/m0/s1. The number of aromatic nitrogens is 4. The van der Waals surface area contributed by atoms with Crippen LogP contribution in [0.1, 0.15) is 30.9 Å². The minimum atomic E-state index is -0.485. The van der Waals surface area contributed by atoms with E-state index in [9.17, 15) is 4.79 Å². The van der Waals surface area contributed by atoms with Crippen molar-refractivity contribution in [3.63, 3.8) is 0 Å². The third-order valence-electron chi connectivity index (χ3n) is 5.46. The molecule has 3 aromatic heterocycles. The summed E-state index contributed by atoms with van der Waals surface area (Å²) < 4.78 is 23.8. The fourth-order valence-corrected chi connectivity index (χ4v) is 4.07. The van der Waals surface area contributed by atoms with E-state index in [1.165, 1.54) is 13.3 Å². The van der Waals surface area contributed by atoms with E-state index in [2.05, 4.69) is 15.1 Å². The van der Waals surface area contributed by atoms with E-state index in [1.54, 1.807) is 44.1 Å². The lowest BCUT2D eigenvalue weighted by Gasteiger charge is -2.28. The van der Waals surface area contributed by atoms with E-state index in [1.807, 2.05) is 18.2 Å². The molecule has 0 aliphatic carbocycles. The van der Waals surface area contributed by atoms with Crippen molar-refractivity contribution in [3.05, 3.63) is 65.4 Å². The van der Waals surface area contributed by atoms with Gasteiger partial charge in [0.05, 0.1) is 32.0 Å². The Kier molecular flexibility index (Phi) is 4.66. The molecule has 0 N–H and O–H groups in total. The van der Waals surface area contributed by atoms with Crippen LogP contribution in [0.15, 0.2) is 58.7 Å². The van der Waals surface area contributed by atoms with Gasteiger partial charge in [-0.1, -0.05) is 6.07 Å². The Morgan fingerprint density at radius 1 is 1.16 bits per heavy atom. The molecule has 1 aromatic carbocycles. The van der Waals surface area contributed by atoms with Crippen LogP contribution in [0.3, 0.4) is 0 Å². The van der Waals surface area contributed by atoms with Gasteiger partial charge in [-0.2, -0.15) is 0 Å². The van der Waals surface area contributed by atoms with Gasteiger partial charge < -0.3 is 18.6 Å². The molecular formula is C23H20N4O5. The number of rotatable bonds is 5. The number of methoxy groups -OCH3 is 2. The predicted molar refractivity (Wildman–Crippen MR) is 114 cm³/mol. The number of benzene rings is 1. The first kappa shape index (κ1) is 19.8. The summed E-state index contributed by atoms with van der Waals surface area (Å²) >= 11 is 0. The summed E-state index contributed by atoms with van der Waals surface area (Å²) in [6.45, 7) is 3.28. The van der Waals surface area contributed by atoms with Crippen molar-refractivity contribution in [1.29, 1.82) is 0 Å². The third kappa shape index (κ3) is 3.01. The summed E-state index contributed by atoms with van der Waals surface area (Å²) in [6.07, 6.45) is 3.09. The lowest BCUT2D eigenvalue weighted by Crippen LogP contribution is -2.22. The highest BCUT2D eigenvalue weighted by Crippen LogP contribution is 2.45. The van der Waals surface area contributed by atoms with Crippen molar-refractivity contribution >= 4 is 11.4 Å². The van der Waals surface area contributed by atoms with E-state index in [-0.39, 0.29) is 5.78 Å². The van der Waals surface area contributed by atoms with Gasteiger partial charge in [0.1, 0.15) is 12.1 Å². The average Bonchev–Trinajstić information content (AvgIpc) is 3.47. The van der Waals surface area contributed by atoms with Crippen LogP contribution in [-0.4, -0.2) is 39.6 Å². The molecule has 4 heterocycles. The maximum Gasteiger partial charge on any atom is 0.228 e. The number of hydrogen-bond donors (Lipinski definition) is 0. The molecule has 0 unspecified atom stereocenters. The molecule has 0 bridgehead atoms. The Hall–Kier alpha value is -4.14. The second-order valence-electron chi connectivity index (χ2n) is 7.32. The van der Waals surface area contributed by atoms with E-state index in [0.29, 0.717) is 51.5 Å². The number of ether oxygens (including phenoxy) is 3. The van der Waals surface area contributed by atoms with E-state index < -0.39 is 5.92 Å². The topological polar surface area (TPSA) is 101 Å². The van der Waals surface area contributed by atoms with E-state index in [4.69, 9.17) is 18.6 Å². The van der Waals surface area contributed by atoms with Gasteiger partial charge in [0.2, 0.25) is 11.7 Å². The quantitative estimate of drug-likeness (QED) is 0.470. The maximum atomic E-state index is 12.7. The fourth-order valence-electron chi connectivity index (χ4n) is 4.07. The fraction of sp³-hybridized carbons (Fsp3) is 0.217. The van der Waals surface area contributed by atoms with Gasteiger partial charge in [-0.15, -0.1) is 5.10 Å². The molecule has 0 radical (unpaired) electrons. The van der Waals surface area contributed by atoms with Crippen molar-refractivity contribution in [3.8, 4) is 29.0 Å². The number of fused-ring (bicyclic) bond motifs is 3. The highest BCUT2D eigenvalue weighted by molar-refractivity contribution is 5.97. The molecule has 5 rings (SSSR count). The number of furan rings is 1. The third-order valence-corrected chi connectivity index (χ3v) is 5.46. The van der Waals surface area contributed by atoms with Crippen LogP contribution in [-0.2, 0) is 4.79 Å². The maximum absolute atomic E-state index is 12.7. The lowest BCUT2D eigenvalue weighted by atomic mass is 9.81. The van der Waals surface area contributed by atoms with Crippen LogP contribution in [0.2, 0.25) is 0 Å². The number of ketones is 1. The molecule has 0 amide bonds. The molecule has 9 nitrogen and oxygen atoms in total. The molecule has 0 spiro atoms. The summed E-state index contributed by atoms with van der Waals surface area (Å²) in [5, 5.41) is 4.49. The minimum Gasteiger partial charge on any atom is -0.493 e. The Morgan fingerprint density at radius 3 is 2.66 bits per heavy atom. The number of allylic oxidation sites excluding steroid dienone is 2. The molecule has 4 aromatic rings. The van der Waals surface area contributed by atoms with Gasteiger partial charge in [0, 0.05) is 5.57 Å². The van der Waals surface area contributed by atoms with E-state index >= 15 is 0 Å². The highest BCUT2D eigenvalue weighted by atomic mass is 16.5. The Balaban J connectivity index is 1.78. The first-order valence-corrected chi connectivity index (χ1v) is 9.92. The zero-order chi connectivity index (χ0) is 22.4. The number of Topliss-reactive ketones (excluding diaryl/α,β-unsaturated/α-hetero) is 1. The zero-order valence-corrected chi connectivity index (χ0v) is 17.9. The number of hydrogen-bond acceptors (Lipinski definition) is 8. The Bertz CT molecular complexity index is 1370. The Morgan fingerprint density at radius 2 is 1.97 bits per heavy atom. The number of nitrogens with zero attached hydrogens (tertiary/aromatic N) is 4. The molecule has 0 saturated carbocycles. The summed E-state index contributed by atoms with van der Waals surface area (Å²) in [6, 6.07) is 9.10. The summed E-state index contributed by atoms with van der Waals surface area (Å²) in [4.78, 5) is 21.9. The zero-order valence-electron chi connectivity index (χ0n) is 17.9. The molecule has 0 saturated heterocycles. The normalized spacial score (nSPS) is 15.4. The Labute approximate surface area is 183 Å². The molecular weight excluding hydrogens is 412 g/mol. The molecule has 162 valence electrons. The largest absolute Gasteiger partial charge is 0.493 e. The second kappa shape index (κ2) is 7.52. The average molecular weight is 432 g/mol. The van der Waals surface area contributed by atoms with Crippen molar-refractivity contribution in [2.24, 2.45) is 0 Å². The predicted octanol–water partition coefficient (Wildman–Crippen LogP) is 3.79. The summed E-state index contributed by atoms with van der Waals surface area (Å²) in [5.74, 6) is 2.35. The van der Waals surface area contributed by atoms with Crippen molar-refractivity contribution < 1.29 is 23.4 Å². The van der Waals surface area contributed by atoms with Gasteiger partial charge in [-0.25, -0.2) is 14.5 Å². The first-order chi connectivity index (χ1) is 15.5. The summed E-state index contributed by atoms with van der Waals surface area (Å²) in [5.41, 5.74) is 2.49. The molecule has 1 aliphatic heterocycles. The number of carbonyl (C=O) groups is 1. The van der Waals surface area contributed by atoms with Crippen molar-refractivity contribution in [2.75, 3.05) is 14.2 Å². The minimum absolute atomic E-state index is 0.110. The first-order valence-electron chi connectivity index (χ1n) is 9.92. The van der Waals surface area contributed by atoms with Gasteiger partial charge in [-0.05, 0) is 43.7 Å². The van der Waals surface area contributed by atoms with Crippen LogP contribution in [0.25, 0.3) is 17.2 Å². The van der Waals surface area contributed by atoms with Crippen LogP contribution >= 0.6 is 0 Å². The molecule has 1 aliphatic rings. The highest BCUT2D eigenvalue weighted by Gasteiger charge is 2.36. The van der Waals surface area contributed by atoms with E-state index in [0.717, 1.165) is 5.56 Å². The van der Waals surface area contributed by atoms with Gasteiger partial charge in [0.25, 0.3) is 0 Å². The van der Waals surface area contributed by atoms with Crippen molar-refractivity contribution in [1.82, 2.24) is 19.6 Å². The molecule has 9 heteroatoms. The van der Waals surface area contributed by atoms with Gasteiger partial charge >= 0.3 is 0 Å².